The third-order valence-electron chi connectivity index (χ3n) is 2.57. The summed E-state index contributed by atoms with van der Waals surface area (Å²) in [4.78, 5) is 11.1. The lowest BCUT2D eigenvalue weighted by molar-refractivity contribution is 0.0692. The normalized spacial score (nSPS) is 10.2. The van der Waals surface area contributed by atoms with Gasteiger partial charge < -0.3 is 15.6 Å². The number of carbonyl (C=O) groups is 1. The summed E-state index contributed by atoms with van der Waals surface area (Å²) in [5.74, 6) is -0.851. The van der Waals surface area contributed by atoms with Crippen LogP contribution in [0.25, 0.3) is 0 Å². The first-order valence-electron chi connectivity index (χ1n) is 5.57. The molecule has 2 aromatic rings. The highest BCUT2D eigenvalue weighted by atomic mass is 79.9. The van der Waals surface area contributed by atoms with Crippen molar-refractivity contribution in [2.45, 2.75) is 6.61 Å². The molecule has 0 heterocycles. The molecule has 2 aromatic carbocycles. The zero-order valence-electron chi connectivity index (χ0n) is 9.97. The van der Waals surface area contributed by atoms with Gasteiger partial charge in [-0.15, -0.1) is 0 Å². The first kappa shape index (κ1) is 13.4. The zero-order chi connectivity index (χ0) is 13.8. The molecule has 0 saturated heterocycles. The number of nitrogens with two attached hydrogens (primary N) is 1. The first-order chi connectivity index (χ1) is 9.08. The van der Waals surface area contributed by atoms with Crippen LogP contribution in [0.2, 0.25) is 0 Å². The summed E-state index contributed by atoms with van der Waals surface area (Å²) < 4.78 is 6.51. The zero-order valence-corrected chi connectivity index (χ0v) is 11.6. The number of ether oxygens (including phenoxy) is 1. The predicted molar refractivity (Wildman–Crippen MR) is 76.3 cm³/mol. The van der Waals surface area contributed by atoms with Gasteiger partial charge >= 0.3 is 5.97 Å². The van der Waals surface area contributed by atoms with Crippen LogP contribution in [0.3, 0.4) is 0 Å². The topological polar surface area (TPSA) is 72.6 Å². The molecule has 19 heavy (non-hydrogen) atoms. The van der Waals surface area contributed by atoms with Crippen LogP contribution in [0.4, 0.5) is 5.69 Å². The molecular weight excluding hydrogens is 310 g/mol. The van der Waals surface area contributed by atoms with Crippen molar-refractivity contribution in [1.29, 1.82) is 0 Å². The van der Waals surface area contributed by atoms with Crippen LogP contribution < -0.4 is 10.5 Å². The fraction of sp³-hybridized carbons (Fsp3) is 0.0714. The Morgan fingerprint density at radius 3 is 2.53 bits per heavy atom. The van der Waals surface area contributed by atoms with Gasteiger partial charge in [-0.05, 0) is 29.8 Å². The number of nitrogen functional groups attached to an aromatic ring is 1. The van der Waals surface area contributed by atoms with Gasteiger partial charge in [0, 0.05) is 4.47 Å². The molecular formula is C14H12BrNO3. The van der Waals surface area contributed by atoms with Crippen LogP contribution in [0.1, 0.15) is 15.9 Å². The number of halogens is 1. The van der Waals surface area contributed by atoms with E-state index in [2.05, 4.69) is 15.9 Å². The van der Waals surface area contributed by atoms with Gasteiger partial charge in [0.1, 0.15) is 12.2 Å². The Labute approximate surface area is 118 Å². The predicted octanol–water partition coefficient (Wildman–Crippen LogP) is 3.31. The van der Waals surface area contributed by atoms with Gasteiger partial charge in [-0.25, -0.2) is 4.79 Å². The third kappa shape index (κ3) is 3.26. The minimum absolute atomic E-state index is 0.0668. The second-order valence-electron chi connectivity index (χ2n) is 3.94. The summed E-state index contributed by atoms with van der Waals surface area (Å²) in [5.41, 5.74) is 7.07. The molecule has 3 N–H and O–H groups in total. The summed E-state index contributed by atoms with van der Waals surface area (Å²) in [7, 11) is 0. The summed E-state index contributed by atoms with van der Waals surface area (Å²) in [5, 5.41) is 9.08. The smallest absolute Gasteiger partial charge is 0.339 e. The van der Waals surface area contributed by atoms with Crippen LogP contribution in [-0.4, -0.2) is 11.1 Å². The maximum absolute atomic E-state index is 11.1. The maximum atomic E-state index is 11.1. The number of benzene rings is 2. The van der Waals surface area contributed by atoms with E-state index in [1.807, 2.05) is 24.3 Å². The van der Waals surface area contributed by atoms with Gasteiger partial charge in [0.25, 0.3) is 0 Å². The lowest BCUT2D eigenvalue weighted by atomic mass is 10.1. The Bertz CT molecular complexity index is 596. The van der Waals surface area contributed by atoms with Crippen LogP contribution in [0.5, 0.6) is 5.75 Å². The van der Waals surface area contributed by atoms with E-state index in [0.29, 0.717) is 5.69 Å². The summed E-state index contributed by atoms with van der Waals surface area (Å²) >= 11 is 3.35. The number of anilines is 1. The van der Waals surface area contributed by atoms with Crippen molar-refractivity contribution in [3.63, 3.8) is 0 Å². The van der Waals surface area contributed by atoms with Crippen molar-refractivity contribution in [2.24, 2.45) is 0 Å². The van der Waals surface area contributed by atoms with E-state index in [9.17, 15) is 4.79 Å². The van der Waals surface area contributed by atoms with Crippen LogP contribution >= 0.6 is 15.9 Å². The average Bonchev–Trinajstić information content (AvgIpc) is 2.39. The number of aromatic carboxylic acids is 1. The minimum atomic E-state index is -1.06. The van der Waals surface area contributed by atoms with Gasteiger partial charge in [0.15, 0.2) is 5.75 Å². The van der Waals surface area contributed by atoms with Crippen molar-refractivity contribution in [3.05, 3.63) is 58.1 Å². The highest BCUT2D eigenvalue weighted by Crippen LogP contribution is 2.27. The molecule has 5 heteroatoms. The molecule has 0 unspecified atom stereocenters. The number of carboxylic acids is 1. The van der Waals surface area contributed by atoms with Gasteiger partial charge in [0.2, 0.25) is 0 Å². The lowest BCUT2D eigenvalue weighted by Crippen LogP contribution is -2.06. The molecule has 4 nitrogen and oxygen atoms in total. The Kier molecular flexibility index (Phi) is 4.06. The second kappa shape index (κ2) is 5.75. The number of hydrogen-bond acceptors (Lipinski definition) is 3. The second-order valence-corrected chi connectivity index (χ2v) is 4.86. The molecule has 0 spiro atoms. The van der Waals surface area contributed by atoms with Gasteiger partial charge in [0.05, 0.1) is 5.69 Å². The molecule has 0 atom stereocenters. The molecule has 0 radical (unpaired) electrons. The van der Waals surface area contributed by atoms with E-state index in [1.165, 1.54) is 6.07 Å². The highest BCUT2D eigenvalue weighted by molar-refractivity contribution is 9.10. The van der Waals surface area contributed by atoms with E-state index in [1.54, 1.807) is 12.1 Å². The van der Waals surface area contributed by atoms with Gasteiger partial charge in [-0.1, -0.05) is 34.1 Å². The Hall–Kier alpha value is -2.01. The molecule has 0 aromatic heterocycles. The Morgan fingerprint density at radius 2 is 1.89 bits per heavy atom. The first-order valence-corrected chi connectivity index (χ1v) is 6.36. The SMILES string of the molecule is Nc1cccc(C(=O)O)c1OCc1ccc(Br)cc1. The number of carboxylic acid groups (broad SMARTS) is 1. The maximum Gasteiger partial charge on any atom is 0.339 e. The average molecular weight is 322 g/mol. The molecule has 0 aliphatic carbocycles. The lowest BCUT2D eigenvalue weighted by Gasteiger charge is -2.11. The fourth-order valence-corrected chi connectivity index (χ4v) is 1.88. The molecule has 0 aliphatic heterocycles. The largest absolute Gasteiger partial charge is 0.486 e. The molecule has 2 rings (SSSR count). The molecule has 0 amide bonds. The number of hydrogen-bond donors (Lipinski definition) is 2. The molecule has 0 fully saturated rings. The Morgan fingerprint density at radius 1 is 1.21 bits per heavy atom. The summed E-state index contributed by atoms with van der Waals surface area (Å²) in [6.45, 7) is 0.266. The van der Waals surface area contributed by atoms with Crippen LogP contribution in [0.15, 0.2) is 46.9 Å². The Balaban J connectivity index is 2.19. The molecule has 98 valence electrons. The van der Waals surface area contributed by atoms with Crippen molar-refractivity contribution >= 4 is 27.6 Å². The summed E-state index contributed by atoms with van der Waals surface area (Å²) in [6, 6.07) is 12.2. The number of para-hydroxylation sites is 1. The third-order valence-corrected chi connectivity index (χ3v) is 3.10. The van der Waals surface area contributed by atoms with Crippen LogP contribution in [0, 0.1) is 0 Å². The van der Waals surface area contributed by atoms with Gasteiger partial charge in [-0.3, -0.25) is 0 Å². The summed E-state index contributed by atoms with van der Waals surface area (Å²) in [6.07, 6.45) is 0. The van der Waals surface area contributed by atoms with Crippen molar-refractivity contribution in [2.75, 3.05) is 5.73 Å². The molecule has 0 saturated carbocycles. The van der Waals surface area contributed by atoms with E-state index in [4.69, 9.17) is 15.6 Å². The van der Waals surface area contributed by atoms with E-state index in [-0.39, 0.29) is 17.9 Å². The van der Waals surface area contributed by atoms with E-state index < -0.39 is 5.97 Å². The minimum Gasteiger partial charge on any atom is -0.486 e. The molecule has 0 bridgehead atoms. The highest BCUT2D eigenvalue weighted by Gasteiger charge is 2.13. The van der Waals surface area contributed by atoms with Crippen molar-refractivity contribution in [1.82, 2.24) is 0 Å². The number of rotatable bonds is 4. The fourth-order valence-electron chi connectivity index (χ4n) is 1.62. The van der Waals surface area contributed by atoms with E-state index in [0.717, 1.165) is 10.0 Å². The monoisotopic (exact) mass is 321 g/mol. The van der Waals surface area contributed by atoms with E-state index >= 15 is 0 Å². The van der Waals surface area contributed by atoms with Gasteiger partial charge in [-0.2, -0.15) is 0 Å². The standard InChI is InChI=1S/C14H12BrNO3/c15-10-6-4-9(5-7-10)8-19-13-11(14(17)18)2-1-3-12(13)16/h1-7H,8,16H2,(H,17,18). The van der Waals surface area contributed by atoms with Crippen LogP contribution in [-0.2, 0) is 6.61 Å². The quantitative estimate of drug-likeness (QED) is 0.847. The molecule has 0 aliphatic rings. The van der Waals surface area contributed by atoms with Crippen molar-refractivity contribution < 1.29 is 14.6 Å². The van der Waals surface area contributed by atoms with Crippen molar-refractivity contribution in [3.8, 4) is 5.75 Å².